The van der Waals surface area contributed by atoms with Gasteiger partial charge in [0.05, 0.1) is 6.54 Å². The number of carbonyl (C=O) groups is 4. The molecule has 3 fully saturated rings. The van der Waals surface area contributed by atoms with E-state index in [1.54, 1.807) is 15.9 Å². The van der Waals surface area contributed by atoms with E-state index in [1.807, 2.05) is 32.9 Å². The summed E-state index contributed by atoms with van der Waals surface area (Å²) in [6.07, 6.45) is 0.341. The largest absolute Gasteiger partial charge is 0.444 e. The van der Waals surface area contributed by atoms with Crippen LogP contribution in [0.25, 0.3) is 0 Å². The van der Waals surface area contributed by atoms with E-state index in [9.17, 15) is 19.2 Å². The highest BCUT2D eigenvalue weighted by molar-refractivity contribution is 6.05. The molecule has 0 aromatic heterocycles. The highest BCUT2D eigenvalue weighted by Crippen LogP contribution is 2.29. The predicted molar refractivity (Wildman–Crippen MR) is 139 cm³/mol. The average Bonchev–Trinajstić information content (AvgIpc) is 3.16. The van der Waals surface area contributed by atoms with Gasteiger partial charge >= 0.3 is 6.09 Å². The highest BCUT2D eigenvalue weighted by Gasteiger charge is 2.40. The Morgan fingerprint density at radius 2 is 1.84 bits per heavy atom. The molecule has 4 amide bonds. The molecule has 0 radical (unpaired) electrons. The number of hydrogen-bond acceptors (Lipinski definition) is 7. The van der Waals surface area contributed by atoms with Crippen molar-refractivity contribution in [2.24, 2.45) is 0 Å². The minimum absolute atomic E-state index is 0.185. The summed E-state index contributed by atoms with van der Waals surface area (Å²) in [6.45, 7) is 11.5. The number of piperidine rings is 1. The molecule has 1 unspecified atom stereocenters. The Morgan fingerprint density at radius 1 is 1.11 bits per heavy atom. The summed E-state index contributed by atoms with van der Waals surface area (Å²) < 4.78 is 5.48. The molecule has 1 N–H and O–H groups in total. The molecular formula is C28H35N5O5. The number of amides is 4. The summed E-state index contributed by atoms with van der Waals surface area (Å²) >= 11 is 0. The lowest BCUT2D eigenvalue weighted by atomic mass is 10.0. The molecule has 38 heavy (non-hydrogen) atoms. The molecule has 0 aliphatic carbocycles. The summed E-state index contributed by atoms with van der Waals surface area (Å²) in [7, 11) is 0. The standard InChI is InChI=1S/C28H35N5O5/c1-28(2,3)38-27(37)32-14-12-31(13-15-32)20-16-30(17-20)11-5-7-19-6-4-8-21-22(19)18-33(26(21)36)23-9-10-24(34)29-25(23)35/h4,6,8,20,23H,9-18H2,1-3H3,(H,29,34,35). The number of nitrogens with zero attached hydrogens (tertiary/aromatic N) is 4. The van der Waals surface area contributed by atoms with Crippen molar-refractivity contribution in [1.82, 2.24) is 24.9 Å². The Labute approximate surface area is 223 Å². The minimum atomic E-state index is -0.627. The molecule has 0 bridgehead atoms. The molecule has 1 aromatic carbocycles. The van der Waals surface area contributed by atoms with Gasteiger partial charge in [-0.1, -0.05) is 17.9 Å². The molecule has 1 atom stereocenters. The van der Waals surface area contributed by atoms with Crippen molar-refractivity contribution >= 4 is 23.8 Å². The number of rotatable bonds is 3. The minimum Gasteiger partial charge on any atom is -0.444 e. The second kappa shape index (κ2) is 10.4. The van der Waals surface area contributed by atoms with Gasteiger partial charge in [0.15, 0.2) is 0 Å². The molecule has 0 spiro atoms. The number of nitrogens with one attached hydrogen (secondary N) is 1. The molecule has 5 rings (SSSR count). The maximum atomic E-state index is 13.0. The Kier molecular flexibility index (Phi) is 7.16. The van der Waals surface area contributed by atoms with Gasteiger partial charge in [-0.25, -0.2) is 4.79 Å². The number of imide groups is 1. The third-order valence-corrected chi connectivity index (χ3v) is 7.53. The maximum Gasteiger partial charge on any atom is 0.410 e. The normalized spacial score (nSPS) is 22.9. The van der Waals surface area contributed by atoms with E-state index < -0.39 is 17.6 Å². The van der Waals surface area contributed by atoms with E-state index in [1.165, 1.54) is 0 Å². The Hall–Kier alpha value is -3.42. The molecular weight excluding hydrogens is 486 g/mol. The quantitative estimate of drug-likeness (QED) is 0.468. The zero-order chi connectivity index (χ0) is 27.0. The molecule has 0 saturated carbocycles. The zero-order valence-electron chi connectivity index (χ0n) is 22.3. The summed E-state index contributed by atoms with van der Waals surface area (Å²) in [5.41, 5.74) is 1.75. The van der Waals surface area contributed by atoms with Crippen LogP contribution in [-0.2, 0) is 20.9 Å². The van der Waals surface area contributed by atoms with Crippen molar-refractivity contribution in [3.8, 4) is 11.8 Å². The number of fused-ring (bicyclic) bond motifs is 1. The monoisotopic (exact) mass is 521 g/mol. The molecule has 4 aliphatic rings. The van der Waals surface area contributed by atoms with Crippen LogP contribution in [0.1, 0.15) is 55.1 Å². The van der Waals surface area contributed by atoms with E-state index in [-0.39, 0.29) is 24.3 Å². The van der Waals surface area contributed by atoms with Gasteiger partial charge in [-0.2, -0.15) is 0 Å². The number of ether oxygens (including phenoxy) is 1. The molecule has 10 nitrogen and oxygen atoms in total. The molecule has 3 saturated heterocycles. The van der Waals surface area contributed by atoms with E-state index in [2.05, 4.69) is 27.0 Å². The van der Waals surface area contributed by atoms with Crippen LogP contribution in [0.15, 0.2) is 18.2 Å². The highest BCUT2D eigenvalue weighted by atomic mass is 16.6. The first-order valence-electron chi connectivity index (χ1n) is 13.3. The molecule has 4 aliphatic heterocycles. The fraction of sp³-hybridized carbons (Fsp3) is 0.571. The Balaban J connectivity index is 1.11. The van der Waals surface area contributed by atoms with Crippen molar-refractivity contribution in [3.05, 3.63) is 34.9 Å². The van der Waals surface area contributed by atoms with Gasteiger partial charge in [0.25, 0.3) is 5.91 Å². The van der Waals surface area contributed by atoms with Crippen molar-refractivity contribution in [1.29, 1.82) is 0 Å². The van der Waals surface area contributed by atoms with Crippen LogP contribution < -0.4 is 5.32 Å². The van der Waals surface area contributed by atoms with Crippen molar-refractivity contribution < 1.29 is 23.9 Å². The number of likely N-dealkylation sites (tertiary alicyclic amines) is 1. The Bertz CT molecular complexity index is 1200. The van der Waals surface area contributed by atoms with Crippen LogP contribution in [0, 0.1) is 11.8 Å². The van der Waals surface area contributed by atoms with Gasteiger partial charge in [-0.05, 0) is 44.9 Å². The van der Waals surface area contributed by atoms with Crippen molar-refractivity contribution in [2.45, 2.75) is 57.8 Å². The van der Waals surface area contributed by atoms with Crippen LogP contribution >= 0.6 is 0 Å². The van der Waals surface area contributed by atoms with Crippen molar-refractivity contribution in [2.75, 3.05) is 45.8 Å². The number of carbonyl (C=O) groups excluding carboxylic acids is 4. The number of benzene rings is 1. The van der Waals surface area contributed by atoms with E-state index in [4.69, 9.17) is 4.74 Å². The van der Waals surface area contributed by atoms with E-state index >= 15 is 0 Å². The third-order valence-electron chi connectivity index (χ3n) is 7.53. The second-order valence-electron chi connectivity index (χ2n) is 11.4. The van der Waals surface area contributed by atoms with E-state index in [0.29, 0.717) is 44.2 Å². The molecule has 202 valence electrons. The van der Waals surface area contributed by atoms with Crippen LogP contribution in [-0.4, -0.2) is 107 Å². The van der Waals surface area contributed by atoms with Crippen LogP contribution in [0.5, 0.6) is 0 Å². The molecule has 1 aromatic rings. The SMILES string of the molecule is CC(C)(C)OC(=O)N1CCN(C2CN(CC#Cc3cccc4c3CN(C3CCC(=O)NC3=O)C4=O)C2)CC1. The average molecular weight is 522 g/mol. The summed E-state index contributed by atoms with van der Waals surface area (Å²) in [6, 6.07) is 5.36. The summed E-state index contributed by atoms with van der Waals surface area (Å²) in [4.78, 5) is 57.2. The van der Waals surface area contributed by atoms with Gasteiger partial charge < -0.3 is 14.5 Å². The second-order valence-corrected chi connectivity index (χ2v) is 11.4. The van der Waals surface area contributed by atoms with Crippen LogP contribution in [0.3, 0.4) is 0 Å². The van der Waals surface area contributed by atoms with Crippen LogP contribution in [0.2, 0.25) is 0 Å². The van der Waals surface area contributed by atoms with Gasteiger partial charge in [-0.15, -0.1) is 0 Å². The lowest BCUT2D eigenvalue weighted by Gasteiger charge is -2.47. The van der Waals surface area contributed by atoms with Gasteiger partial charge in [0, 0.05) is 69.4 Å². The van der Waals surface area contributed by atoms with Gasteiger partial charge in [0.2, 0.25) is 11.8 Å². The fourth-order valence-corrected chi connectivity index (χ4v) is 5.45. The topological polar surface area (TPSA) is 102 Å². The Morgan fingerprint density at radius 3 is 2.53 bits per heavy atom. The van der Waals surface area contributed by atoms with Gasteiger partial charge in [0.1, 0.15) is 11.6 Å². The van der Waals surface area contributed by atoms with Gasteiger partial charge in [-0.3, -0.25) is 29.5 Å². The van der Waals surface area contributed by atoms with Crippen LogP contribution in [0.4, 0.5) is 4.79 Å². The number of hydrogen-bond donors (Lipinski definition) is 1. The first-order chi connectivity index (χ1) is 18.1. The predicted octanol–water partition coefficient (Wildman–Crippen LogP) is 1.04. The summed E-state index contributed by atoms with van der Waals surface area (Å²) in [5.74, 6) is 5.61. The lowest BCUT2D eigenvalue weighted by Crippen LogP contribution is -2.63. The fourth-order valence-electron chi connectivity index (χ4n) is 5.45. The molecule has 4 heterocycles. The maximum absolute atomic E-state index is 13.0. The number of piperazine rings is 1. The summed E-state index contributed by atoms with van der Waals surface area (Å²) in [5, 5.41) is 2.34. The molecule has 10 heteroatoms. The smallest absolute Gasteiger partial charge is 0.410 e. The lowest BCUT2D eigenvalue weighted by molar-refractivity contribution is -0.136. The zero-order valence-corrected chi connectivity index (χ0v) is 22.3. The first-order valence-corrected chi connectivity index (χ1v) is 13.3. The first kappa shape index (κ1) is 26.2. The third kappa shape index (κ3) is 5.54. The van der Waals surface area contributed by atoms with Crippen molar-refractivity contribution in [3.63, 3.8) is 0 Å². The van der Waals surface area contributed by atoms with E-state index in [0.717, 1.165) is 37.3 Å².